The summed E-state index contributed by atoms with van der Waals surface area (Å²) < 4.78 is 19.7. The molecule has 0 aromatic heterocycles. The summed E-state index contributed by atoms with van der Waals surface area (Å²) in [5.41, 5.74) is 4.70. The summed E-state index contributed by atoms with van der Waals surface area (Å²) in [5.74, 6) is -0.670. The van der Waals surface area contributed by atoms with Gasteiger partial charge in [-0.1, -0.05) is 48.5 Å². The summed E-state index contributed by atoms with van der Waals surface area (Å²) in [6.45, 7) is -0.377. The van der Waals surface area contributed by atoms with E-state index in [0.29, 0.717) is 0 Å². The average Bonchev–Trinajstić information content (AvgIpc) is 3.03. The number of benzene rings is 3. The van der Waals surface area contributed by atoms with Crippen molar-refractivity contribution in [1.82, 2.24) is 0 Å². The predicted molar refractivity (Wildman–Crippen MR) is 109 cm³/mol. The Kier molecular flexibility index (Phi) is 5.15. The van der Waals surface area contributed by atoms with Crippen molar-refractivity contribution >= 4 is 27.7 Å². The van der Waals surface area contributed by atoms with Crippen LogP contribution in [0.5, 0.6) is 0 Å². The first kappa shape index (κ1) is 18.7. The third kappa shape index (κ3) is 3.30. The van der Waals surface area contributed by atoms with Gasteiger partial charge in [-0.25, -0.2) is 9.18 Å². The molecular weight excluding hydrogens is 425 g/mol. The lowest BCUT2D eigenvalue weighted by molar-refractivity contribution is 0.158. The molecule has 2 N–H and O–H groups in total. The van der Waals surface area contributed by atoms with Crippen LogP contribution in [0.15, 0.2) is 65.1 Å². The third-order valence-corrected chi connectivity index (χ3v) is 5.55. The van der Waals surface area contributed by atoms with Crippen molar-refractivity contribution in [3.8, 4) is 11.1 Å². The Balaban J connectivity index is 1.51. The van der Waals surface area contributed by atoms with E-state index in [1.54, 1.807) is 0 Å². The maximum atomic E-state index is 14.1. The lowest BCUT2D eigenvalue weighted by atomic mass is 9.98. The fourth-order valence-electron chi connectivity index (χ4n) is 3.61. The summed E-state index contributed by atoms with van der Waals surface area (Å²) in [6.07, 6.45) is -0.696. The Morgan fingerprint density at radius 2 is 1.64 bits per heavy atom. The van der Waals surface area contributed by atoms with E-state index in [0.717, 1.165) is 22.3 Å². The smallest absolute Gasteiger partial charge is 0.411 e. The van der Waals surface area contributed by atoms with Crippen molar-refractivity contribution in [1.29, 1.82) is 0 Å². The highest BCUT2D eigenvalue weighted by atomic mass is 79.9. The second-order valence-corrected chi connectivity index (χ2v) is 7.35. The molecule has 0 radical (unpaired) electrons. The highest BCUT2D eigenvalue weighted by Gasteiger charge is 2.29. The van der Waals surface area contributed by atoms with Crippen LogP contribution in [0.1, 0.15) is 22.6 Å². The molecule has 0 unspecified atom stereocenters. The molecule has 142 valence electrons. The molecule has 4 rings (SSSR count). The summed E-state index contributed by atoms with van der Waals surface area (Å²) >= 11 is 3.06. The van der Waals surface area contributed by atoms with Crippen molar-refractivity contribution < 1.29 is 19.0 Å². The number of carbonyl (C=O) groups is 1. The van der Waals surface area contributed by atoms with Crippen molar-refractivity contribution in [3.63, 3.8) is 0 Å². The molecule has 1 aliphatic carbocycles. The third-order valence-electron chi connectivity index (χ3n) is 4.93. The molecular formula is C22H17BrFNO3. The van der Waals surface area contributed by atoms with Gasteiger partial charge in [-0.3, -0.25) is 5.32 Å². The Morgan fingerprint density at radius 1 is 1.04 bits per heavy atom. The number of fused-ring (bicyclic) bond motifs is 3. The summed E-state index contributed by atoms with van der Waals surface area (Å²) in [7, 11) is 0. The van der Waals surface area contributed by atoms with Crippen LogP contribution in [0.3, 0.4) is 0 Å². The van der Waals surface area contributed by atoms with Crippen molar-refractivity contribution in [2.75, 3.05) is 11.9 Å². The van der Waals surface area contributed by atoms with Gasteiger partial charge >= 0.3 is 6.09 Å². The zero-order valence-electron chi connectivity index (χ0n) is 14.8. The van der Waals surface area contributed by atoms with Gasteiger partial charge in [0.1, 0.15) is 12.4 Å². The number of halogens is 2. The predicted octanol–water partition coefficient (Wildman–Crippen LogP) is 5.44. The molecule has 0 saturated carbocycles. The van der Waals surface area contributed by atoms with Gasteiger partial charge in [-0.2, -0.15) is 0 Å². The molecule has 0 bridgehead atoms. The van der Waals surface area contributed by atoms with E-state index < -0.39 is 18.5 Å². The Bertz CT molecular complexity index is 1010. The van der Waals surface area contributed by atoms with Crippen LogP contribution >= 0.6 is 15.9 Å². The molecule has 0 spiro atoms. The molecule has 0 saturated heterocycles. The quantitative estimate of drug-likeness (QED) is 0.566. The van der Waals surface area contributed by atoms with Gasteiger partial charge < -0.3 is 9.84 Å². The highest BCUT2D eigenvalue weighted by molar-refractivity contribution is 9.10. The molecule has 1 aliphatic rings. The van der Waals surface area contributed by atoms with Crippen LogP contribution in [0, 0.1) is 5.82 Å². The second kappa shape index (κ2) is 7.73. The minimum absolute atomic E-state index is 0.00267. The molecule has 0 fully saturated rings. The summed E-state index contributed by atoms with van der Waals surface area (Å²) in [6, 6.07) is 19.1. The van der Waals surface area contributed by atoms with Gasteiger partial charge in [-0.05, 0) is 50.3 Å². The van der Waals surface area contributed by atoms with Gasteiger partial charge in [0.2, 0.25) is 0 Å². The standard InChI is InChI=1S/C22H17BrFNO3/c23-19-9-10-20(17(11-26)21(19)24)25-22(27)28-12-18-15-7-3-1-5-13(15)14-6-2-4-8-16(14)18/h1-10,18,26H,11-12H2,(H,25,27). The number of ether oxygens (including phenoxy) is 1. The van der Waals surface area contributed by atoms with E-state index >= 15 is 0 Å². The van der Waals surface area contributed by atoms with Gasteiger partial charge in [0, 0.05) is 11.5 Å². The largest absolute Gasteiger partial charge is 0.448 e. The zero-order valence-corrected chi connectivity index (χ0v) is 16.4. The molecule has 1 amide bonds. The van der Waals surface area contributed by atoms with Crippen LogP contribution in [-0.2, 0) is 11.3 Å². The van der Waals surface area contributed by atoms with E-state index in [1.807, 2.05) is 36.4 Å². The van der Waals surface area contributed by atoms with Gasteiger partial charge in [0.25, 0.3) is 0 Å². The number of amides is 1. The van der Waals surface area contributed by atoms with Crippen LogP contribution in [-0.4, -0.2) is 17.8 Å². The number of hydrogen-bond donors (Lipinski definition) is 2. The first-order chi connectivity index (χ1) is 13.6. The lowest BCUT2D eigenvalue weighted by Gasteiger charge is -2.16. The summed E-state index contributed by atoms with van der Waals surface area (Å²) in [5, 5.41) is 11.9. The Hall–Kier alpha value is -2.70. The van der Waals surface area contributed by atoms with Crippen molar-refractivity contribution in [3.05, 3.63) is 87.6 Å². The summed E-state index contributed by atoms with van der Waals surface area (Å²) in [4.78, 5) is 12.3. The number of nitrogens with one attached hydrogen (secondary N) is 1. The number of aliphatic hydroxyl groups is 1. The molecule has 6 heteroatoms. The molecule has 28 heavy (non-hydrogen) atoms. The normalized spacial score (nSPS) is 12.4. The van der Waals surface area contributed by atoms with Crippen molar-refractivity contribution in [2.45, 2.75) is 12.5 Å². The maximum Gasteiger partial charge on any atom is 0.411 e. The lowest BCUT2D eigenvalue weighted by Crippen LogP contribution is -2.19. The minimum Gasteiger partial charge on any atom is -0.448 e. The van der Waals surface area contributed by atoms with Gasteiger partial charge in [-0.15, -0.1) is 0 Å². The topological polar surface area (TPSA) is 58.6 Å². The molecule has 3 aromatic carbocycles. The molecule has 3 aromatic rings. The Morgan fingerprint density at radius 3 is 2.25 bits per heavy atom. The SMILES string of the molecule is O=C(Nc1ccc(Br)c(F)c1CO)OCC1c2ccccc2-c2ccccc21. The monoisotopic (exact) mass is 441 g/mol. The van der Waals surface area contributed by atoms with Crippen LogP contribution in [0.25, 0.3) is 11.1 Å². The number of carbonyl (C=O) groups excluding carboxylic acids is 1. The van der Waals surface area contributed by atoms with E-state index in [2.05, 4.69) is 33.4 Å². The number of aliphatic hydroxyl groups excluding tert-OH is 1. The van der Waals surface area contributed by atoms with E-state index in [-0.39, 0.29) is 28.2 Å². The molecule has 0 heterocycles. The molecule has 0 atom stereocenters. The fourth-order valence-corrected chi connectivity index (χ4v) is 3.98. The van der Waals surface area contributed by atoms with E-state index in [9.17, 15) is 14.3 Å². The van der Waals surface area contributed by atoms with E-state index in [4.69, 9.17) is 4.74 Å². The van der Waals surface area contributed by atoms with Crippen LogP contribution < -0.4 is 5.32 Å². The van der Waals surface area contributed by atoms with Gasteiger partial charge in [0.15, 0.2) is 0 Å². The second-order valence-electron chi connectivity index (χ2n) is 6.50. The number of anilines is 1. The minimum atomic E-state index is -0.696. The maximum absolute atomic E-state index is 14.1. The first-order valence-corrected chi connectivity index (χ1v) is 9.59. The molecule has 0 aliphatic heterocycles. The highest BCUT2D eigenvalue weighted by Crippen LogP contribution is 2.44. The number of hydrogen-bond acceptors (Lipinski definition) is 3. The van der Waals surface area contributed by atoms with Crippen molar-refractivity contribution in [2.24, 2.45) is 0 Å². The number of rotatable bonds is 4. The fraction of sp³-hybridized carbons (Fsp3) is 0.136. The average molecular weight is 442 g/mol. The van der Waals surface area contributed by atoms with Crippen LogP contribution in [0.2, 0.25) is 0 Å². The van der Waals surface area contributed by atoms with E-state index in [1.165, 1.54) is 12.1 Å². The first-order valence-electron chi connectivity index (χ1n) is 8.80. The Labute approximate surface area is 170 Å². The molecule has 4 nitrogen and oxygen atoms in total. The van der Waals surface area contributed by atoms with Gasteiger partial charge in [0.05, 0.1) is 16.8 Å². The van der Waals surface area contributed by atoms with Crippen LogP contribution in [0.4, 0.5) is 14.9 Å². The zero-order chi connectivity index (χ0) is 19.7.